The van der Waals surface area contributed by atoms with Crippen molar-refractivity contribution in [1.82, 2.24) is 0 Å². The molecule has 1 aliphatic rings. The molecule has 0 amide bonds. The molecule has 1 aliphatic carbocycles. The van der Waals surface area contributed by atoms with Crippen molar-refractivity contribution >= 4 is 18.0 Å². The number of benzene rings is 1. The molecule has 1 aromatic rings. The number of hydrogen-bond donors (Lipinski definition) is 0. The summed E-state index contributed by atoms with van der Waals surface area (Å²) in [6.45, 7) is 22.2. The summed E-state index contributed by atoms with van der Waals surface area (Å²) in [5, 5.41) is 0. The van der Waals surface area contributed by atoms with Crippen molar-refractivity contribution in [1.29, 1.82) is 0 Å². The van der Waals surface area contributed by atoms with Crippen LogP contribution in [0, 0.1) is 42.3 Å². The van der Waals surface area contributed by atoms with Gasteiger partial charge in [-0.05, 0) is 49.6 Å². The van der Waals surface area contributed by atoms with Crippen LogP contribution in [0.4, 0.5) is 13.2 Å². The first-order valence-corrected chi connectivity index (χ1v) is 12.6. The van der Waals surface area contributed by atoms with Gasteiger partial charge < -0.3 is 4.55 Å². The van der Waals surface area contributed by atoms with E-state index in [0.29, 0.717) is 7.92 Å². The van der Waals surface area contributed by atoms with Gasteiger partial charge in [-0.15, -0.1) is 7.92 Å². The molecule has 2 rings (SSSR count). The molecular formula is C21H29F3IrO4PS+. The van der Waals surface area contributed by atoms with Gasteiger partial charge >= 0.3 is 36.9 Å². The third kappa shape index (κ3) is 19.0. The quantitative estimate of drug-likeness (QED) is 0.116. The third-order valence-corrected chi connectivity index (χ3v) is 4.27. The van der Waals surface area contributed by atoms with E-state index in [4.69, 9.17) is 17.6 Å². The Hall–Kier alpha value is -0.261. The van der Waals surface area contributed by atoms with Crippen molar-refractivity contribution in [2.45, 2.75) is 40.1 Å². The minimum Gasteiger partial charge on any atom is -0.184 e. The molecule has 0 aromatic heterocycles. The topological polar surface area (TPSA) is 77.1 Å². The third-order valence-electron chi connectivity index (χ3n) is 3.70. The largest absolute Gasteiger partial charge is 3.00 e. The van der Waals surface area contributed by atoms with Crippen LogP contribution in [-0.4, -0.2) is 38.5 Å². The standard InChI is InChI=1S/C10H15.C6H5.C3H9P.CHF3O3S.CO.Ir/c1-6-7(2)9(4)10(5)8(6)3;1-2-4-6-5-3-1;1-4(2)3;2-1(3,4)8(5,6)7;1-2;/h1-5H3;1-5H;1-3H3;(H,5,6,7);;/q;-1;;;;+3/p-1. The molecule has 31 heavy (non-hydrogen) atoms. The molecule has 0 aliphatic heterocycles. The molecule has 5 radical (unpaired) electrons. The van der Waals surface area contributed by atoms with E-state index in [9.17, 15) is 13.2 Å². The van der Waals surface area contributed by atoms with Crippen LogP contribution in [0.3, 0.4) is 0 Å². The summed E-state index contributed by atoms with van der Waals surface area (Å²) >= 11 is 0. The van der Waals surface area contributed by atoms with Crippen LogP contribution in [-0.2, 0) is 34.9 Å². The number of rotatable bonds is 0. The maximum atomic E-state index is 10.7. The fraction of sp³-hybridized carbons (Fsp3) is 0.429. The Labute approximate surface area is 201 Å². The summed E-state index contributed by atoms with van der Waals surface area (Å²) in [5.74, 6) is 7.34. The second-order valence-electron chi connectivity index (χ2n) is 6.44. The molecule has 0 N–H and O–H groups in total. The molecular weight excluding hydrogens is 628 g/mol. The van der Waals surface area contributed by atoms with Crippen LogP contribution >= 0.6 is 7.92 Å². The van der Waals surface area contributed by atoms with E-state index < -0.39 is 15.6 Å². The van der Waals surface area contributed by atoms with Crippen LogP contribution < -0.4 is 0 Å². The molecule has 10 heteroatoms. The van der Waals surface area contributed by atoms with E-state index in [0.717, 1.165) is 0 Å². The molecule has 4 nitrogen and oxygen atoms in total. The second-order valence-corrected chi connectivity index (χ2v) is 10.5. The van der Waals surface area contributed by atoms with E-state index in [-0.39, 0.29) is 20.1 Å². The molecule has 0 spiro atoms. The van der Waals surface area contributed by atoms with Crippen molar-refractivity contribution < 1.29 is 50.9 Å². The van der Waals surface area contributed by atoms with Gasteiger partial charge in [0.1, 0.15) is 0 Å². The van der Waals surface area contributed by atoms with Crippen LogP contribution in [0.1, 0.15) is 34.6 Å². The number of hydrogen-bond acceptors (Lipinski definition) is 3. The van der Waals surface area contributed by atoms with Gasteiger partial charge in [0.25, 0.3) is 0 Å². The Bertz CT molecular complexity index is 581. The maximum absolute atomic E-state index is 10.7. The molecule has 1 saturated carbocycles. The molecule has 0 saturated heterocycles. The minimum atomic E-state index is -6.09. The summed E-state index contributed by atoms with van der Waals surface area (Å²) in [7, 11) is -5.71. The van der Waals surface area contributed by atoms with Crippen LogP contribution in [0.5, 0.6) is 0 Å². The zero-order chi connectivity index (χ0) is 24.7. The number of halogens is 3. The van der Waals surface area contributed by atoms with Crippen LogP contribution in [0.2, 0.25) is 0 Å². The Kier molecular flexibility index (Phi) is 23.6. The first-order valence-electron chi connectivity index (χ1n) is 8.48. The Morgan fingerprint density at radius 1 is 0.839 bits per heavy atom. The van der Waals surface area contributed by atoms with Crippen LogP contribution in [0.25, 0.3) is 0 Å². The molecule has 0 heterocycles. The van der Waals surface area contributed by atoms with Crippen LogP contribution in [0.15, 0.2) is 30.3 Å². The van der Waals surface area contributed by atoms with Gasteiger partial charge in [-0.2, -0.15) is 49.6 Å². The zero-order valence-electron chi connectivity index (χ0n) is 18.8. The van der Waals surface area contributed by atoms with E-state index in [2.05, 4.69) is 67.3 Å². The van der Waals surface area contributed by atoms with Gasteiger partial charge in [0.05, 0.1) is 0 Å². The molecule has 177 valence electrons. The first-order chi connectivity index (χ1) is 13.5. The molecule has 1 aromatic carbocycles. The summed E-state index contributed by atoms with van der Waals surface area (Å²) in [6.07, 6.45) is 0. The van der Waals surface area contributed by atoms with Gasteiger partial charge in [-0.3, -0.25) is 0 Å². The second kappa shape index (κ2) is 19.2. The fourth-order valence-corrected chi connectivity index (χ4v) is 1.75. The summed E-state index contributed by atoms with van der Waals surface area (Å²) < 4.78 is 66.4. The Morgan fingerprint density at radius 2 is 1.03 bits per heavy atom. The Balaban J connectivity index is -0.000000157. The van der Waals surface area contributed by atoms with Crippen molar-refractivity contribution in [3.63, 3.8) is 0 Å². The smallest absolute Gasteiger partial charge is 0.184 e. The van der Waals surface area contributed by atoms with Gasteiger partial charge in [-0.1, -0.05) is 34.6 Å². The zero-order valence-corrected chi connectivity index (χ0v) is 22.9. The predicted octanol–water partition coefficient (Wildman–Crippen LogP) is 5.83. The monoisotopic (exact) mass is 658 g/mol. The molecule has 0 unspecified atom stereocenters. The molecule has 0 atom stereocenters. The number of alkyl halides is 3. The van der Waals surface area contributed by atoms with E-state index >= 15 is 0 Å². The average molecular weight is 658 g/mol. The fourth-order valence-electron chi connectivity index (χ4n) is 1.75. The summed E-state index contributed by atoms with van der Waals surface area (Å²) in [6, 6.07) is 12.5. The van der Waals surface area contributed by atoms with Gasteiger partial charge in [-0.25, -0.2) is 8.42 Å². The normalized spacial score (nSPS) is 15.6. The van der Waals surface area contributed by atoms with E-state index in [1.165, 1.54) is 29.6 Å². The summed E-state index contributed by atoms with van der Waals surface area (Å²) in [5.41, 5.74) is -5.65. The van der Waals surface area contributed by atoms with Gasteiger partial charge in [0.2, 0.25) is 0 Å². The van der Waals surface area contributed by atoms with Crippen molar-refractivity contribution in [3.8, 4) is 0 Å². The van der Waals surface area contributed by atoms with Crippen molar-refractivity contribution in [2.75, 3.05) is 20.0 Å². The Morgan fingerprint density at radius 3 is 1.10 bits per heavy atom. The van der Waals surface area contributed by atoms with E-state index in [1.54, 1.807) is 0 Å². The van der Waals surface area contributed by atoms with Gasteiger partial charge in [0, 0.05) is 0 Å². The molecule has 1 fully saturated rings. The van der Waals surface area contributed by atoms with E-state index in [1.807, 2.05) is 30.3 Å². The van der Waals surface area contributed by atoms with Gasteiger partial charge in [0.15, 0.2) is 10.1 Å². The first kappa shape index (κ1) is 38.0. The summed E-state index contributed by atoms with van der Waals surface area (Å²) in [4.78, 5) is 0. The van der Waals surface area contributed by atoms with Crippen molar-refractivity contribution in [3.05, 3.63) is 72.6 Å². The minimum absolute atomic E-state index is 0. The predicted molar refractivity (Wildman–Crippen MR) is 114 cm³/mol. The maximum Gasteiger partial charge on any atom is 3.00 e. The molecule has 0 bridgehead atoms. The SMILES string of the molecule is CP(C)C.C[C]1[C](C)[C](C)[C](C)[C]1C.O=S(=O)([O-])C(F)(F)F.[C-]#[O+].[Ir+3].[c-]1ccccc1. The average Bonchev–Trinajstić information content (AvgIpc) is 2.82. The van der Waals surface area contributed by atoms with Crippen molar-refractivity contribution in [2.24, 2.45) is 0 Å².